The first-order valence-corrected chi connectivity index (χ1v) is 7.09. The highest BCUT2D eigenvalue weighted by molar-refractivity contribution is 5.84. The molecule has 0 fully saturated rings. The van der Waals surface area contributed by atoms with Crippen molar-refractivity contribution in [3.63, 3.8) is 0 Å². The maximum Gasteiger partial charge on any atom is 0.0965 e. The van der Waals surface area contributed by atoms with Gasteiger partial charge in [0.05, 0.1) is 6.07 Å². The van der Waals surface area contributed by atoms with Gasteiger partial charge in [-0.05, 0) is 23.1 Å². The van der Waals surface area contributed by atoms with Crippen LogP contribution < -0.4 is 5.32 Å². The number of hydrogen-bond acceptors (Lipinski definition) is 3. The predicted molar refractivity (Wildman–Crippen MR) is 89.2 cm³/mol. The summed E-state index contributed by atoms with van der Waals surface area (Å²) >= 11 is 0. The lowest BCUT2D eigenvalue weighted by atomic mass is 10.0. The van der Waals surface area contributed by atoms with Gasteiger partial charge in [-0.15, -0.1) is 0 Å². The third-order valence-electron chi connectivity index (χ3n) is 3.46. The molecule has 3 aromatic rings. The number of nitriles is 1. The van der Waals surface area contributed by atoms with Crippen LogP contribution in [0.15, 0.2) is 78.8 Å². The van der Waals surface area contributed by atoms with Crippen molar-refractivity contribution in [3.05, 3.63) is 84.3 Å². The number of benzene rings is 2. The van der Waals surface area contributed by atoms with Crippen LogP contribution in [-0.2, 0) is 6.42 Å². The number of para-hydroxylation sites is 1. The first-order valence-electron chi connectivity index (χ1n) is 7.09. The highest BCUT2D eigenvalue weighted by Gasteiger charge is 2.04. The molecule has 0 aliphatic carbocycles. The molecule has 1 N–H and O–H groups in total. The van der Waals surface area contributed by atoms with Crippen LogP contribution in [0.5, 0.6) is 0 Å². The maximum atomic E-state index is 9.36. The molecule has 3 nitrogen and oxygen atoms in total. The monoisotopic (exact) mass is 285 g/mol. The molecule has 1 heterocycles. The van der Waals surface area contributed by atoms with E-state index in [0.29, 0.717) is 12.0 Å². The number of nitrogens with zero attached hydrogens (tertiary/aromatic N) is 2. The number of fused-ring (bicyclic) bond motifs is 1. The van der Waals surface area contributed by atoms with E-state index in [1.54, 1.807) is 6.20 Å². The van der Waals surface area contributed by atoms with Crippen LogP contribution in [0.2, 0.25) is 0 Å². The van der Waals surface area contributed by atoms with E-state index in [9.17, 15) is 5.26 Å². The average Bonchev–Trinajstić information content (AvgIpc) is 2.59. The Kier molecular flexibility index (Phi) is 4.12. The number of aromatic nitrogens is 1. The first kappa shape index (κ1) is 13.8. The predicted octanol–water partition coefficient (Wildman–Crippen LogP) is 4.30. The minimum absolute atomic E-state index is 0.560. The summed E-state index contributed by atoms with van der Waals surface area (Å²) < 4.78 is 0. The lowest BCUT2D eigenvalue weighted by molar-refractivity contribution is 1.17. The Morgan fingerprint density at radius 2 is 1.82 bits per heavy atom. The molecule has 22 heavy (non-hydrogen) atoms. The van der Waals surface area contributed by atoms with Crippen molar-refractivity contribution in [2.75, 3.05) is 5.32 Å². The Morgan fingerprint density at radius 3 is 2.64 bits per heavy atom. The van der Waals surface area contributed by atoms with Gasteiger partial charge in [0.1, 0.15) is 0 Å². The van der Waals surface area contributed by atoms with E-state index in [1.165, 1.54) is 0 Å². The Hall–Kier alpha value is -3.12. The molecule has 106 valence electrons. The van der Waals surface area contributed by atoms with E-state index in [1.807, 2.05) is 60.9 Å². The standard InChI is InChI=1S/C19H15N3/c20-11-15(12-22-18-7-2-1-3-8-18)10-17-14-21-13-16-6-4-5-9-19(16)17/h1-9,12-14,22H,10H2/b15-12+. The van der Waals surface area contributed by atoms with E-state index < -0.39 is 0 Å². The molecule has 3 rings (SSSR count). The Bertz CT molecular complexity index is 840. The highest BCUT2D eigenvalue weighted by Crippen LogP contribution is 2.19. The van der Waals surface area contributed by atoms with Crippen molar-refractivity contribution in [2.24, 2.45) is 0 Å². The number of hydrogen-bond donors (Lipinski definition) is 1. The van der Waals surface area contributed by atoms with Gasteiger partial charge in [0.25, 0.3) is 0 Å². The molecule has 0 saturated carbocycles. The molecule has 0 amide bonds. The zero-order valence-electron chi connectivity index (χ0n) is 12.0. The van der Waals surface area contributed by atoms with E-state index in [-0.39, 0.29) is 0 Å². The van der Waals surface area contributed by atoms with E-state index >= 15 is 0 Å². The minimum atomic E-state index is 0.560. The summed E-state index contributed by atoms with van der Waals surface area (Å²) in [6.07, 6.45) is 5.99. The second kappa shape index (κ2) is 6.55. The fourth-order valence-electron chi connectivity index (χ4n) is 2.35. The molecule has 3 heteroatoms. The van der Waals surface area contributed by atoms with Crippen molar-refractivity contribution in [2.45, 2.75) is 6.42 Å². The van der Waals surface area contributed by atoms with Gasteiger partial charge in [0.15, 0.2) is 0 Å². The fourth-order valence-corrected chi connectivity index (χ4v) is 2.35. The lowest BCUT2D eigenvalue weighted by Gasteiger charge is -2.06. The summed E-state index contributed by atoms with van der Waals surface area (Å²) in [6, 6.07) is 20.1. The smallest absolute Gasteiger partial charge is 0.0965 e. The number of rotatable bonds is 4. The van der Waals surface area contributed by atoms with Crippen LogP contribution in [0.1, 0.15) is 5.56 Å². The maximum absolute atomic E-state index is 9.36. The van der Waals surface area contributed by atoms with E-state index in [4.69, 9.17) is 0 Å². The fraction of sp³-hybridized carbons (Fsp3) is 0.0526. The molecular formula is C19H15N3. The molecule has 0 radical (unpaired) electrons. The van der Waals surface area contributed by atoms with Gasteiger partial charge >= 0.3 is 0 Å². The van der Waals surface area contributed by atoms with Gasteiger partial charge in [-0.2, -0.15) is 5.26 Å². The molecule has 0 unspecified atom stereocenters. The second-order valence-electron chi connectivity index (χ2n) is 4.99. The van der Waals surface area contributed by atoms with Gasteiger partial charge in [0.2, 0.25) is 0 Å². The van der Waals surface area contributed by atoms with Crippen LogP contribution in [0, 0.1) is 11.3 Å². The zero-order valence-corrected chi connectivity index (χ0v) is 12.0. The number of nitrogens with one attached hydrogen (secondary N) is 1. The number of allylic oxidation sites excluding steroid dienone is 1. The van der Waals surface area contributed by atoms with Crippen molar-refractivity contribution < 1.29 is 0 Å². The summed E-state index contributed by atoms with van der Waals surface area (Å²) in [5.41, 5.74) is 2.69. The van der Waals surface area contributed by atoms with Gasteiger partial charge in [-0.25, -0.2) is 0 Å². The third-order valence-corrected chi connectivity index (χ3v) is 3.46. The molecule has 0 aliphatic rings. The molecule has 0 aliphatic heterocycles. The summed E-state index contributed by atoms with van der Waals surface area (Å²) in [5.74, 6) is 0. The molecule has 1 aromatic heterocycles. The number of anilines is 1. The van der Waals surface area contributed by atoms with Crippen molar-refractivity contribution in [1.29, 1.82) is 5.26 Å². The molecule has 0 spiro atoms. The summed E-state index contributed by atoms with van der Waals surface area (Å²) in [7, 11) is 0. The van der Waals surface area contributed by atoms with E-state index in [0.717, 1.165) is 22.0 Å². The van der Waals surface area contributed by atoms with Crippen molar-refractivity contribution >= 4 is 16.5 Å². The molecular weight excluding hydrogens is 270 g/mol. The van der Waals surface area contributed by atoms with Crippen molar-refractivity contribution in [1.82, 2.24) is 4.98 Å². The van der Waals surface area contributed by atoms with Gasteiger partial charge < -0.3 is 5.32 Å². The van der Waals surface area contributed by atoms with Gasteiger partial charge in [0, 0.05) is 41.7 Å². The zero-order chi connectivity index (χ0) is 15.2. The van der Waals surface area contributed by atoms with Crippen LogP contribution >= 0.6 is 0 Å². The molecule has 2 aromatic carbocycles. The van der Waals surface area contributed by atoms with Crippen LogP contribution in [0.25, 0.3) is 10.8 Å². The average molecular weight is 285 g/mol. The van der Waals surface area contributed by atoms with Crippen LogP contribution in [0.4, 0.5) is 5.69 Å². The quantitative estimate of drug-likeness (QED) is 0.727. The second-order valence-corrected chi connectivity index (χ2v) is 4.99. The third kappa shape index (κ3) is 3.13. The molecule has 0 saturated heterocycles. The SMILES string of the molecule is N#C/C(=C/Nc1ccccc1)Cc1cncc2ccccc12. The Balaban J connectivity index is 1.84. The summed E-state index contributed by atoms with van der Waals surface area (Å²) in [4.78, 5) is 4.26. The summed E-state index contributed by atoms with van der Waals surface area (Å²) in [5, 5.41) is 14.7. The Labute approximate surface area is 129 Å². The largest absolute Gasteiger partial charge is 0.361 e. The van der Waals surface area contributed by atoms with Gasteiger partial charge in [-0.1, -0.05) is 42.5 Å². The molecule has 0 bridgehead atoms. The van der Waals surface area contributed by atoms with Crippen LogP contribution in [0.3, 0.4) is 0 Å². The lowest BCUT2D eigenvalue weighted by Crippen LogP contribution is -1.96. The van der Waals surface area contributed by atoms with Gasteiger partial charge in [-0.3, -0.25) is 4.98 Å². The first-order chi connectivity index (χ1) is 10.9. The normalized spacial score (nSPS) is 11.1. The van der Waals surface area contributed by atoms with Crippen molar-refractivity contribution in [3.8, 4) is 6.07 Å². The Morgan fingerprint density at radius 1 is 1.05 bits per heavy atom. The minimum Gasteiger partial charge on any atom is -0.361 e. The topological polar surface area (TPSA) is 48.7 Å². The summed E-state index contributed by atoms with van der Waals surface area (Å²) in [6.45, 7) is 0. The number of pyridine rings is 1. The highest BCUT2D eigenvalue weighted by atomic mass is 14.8. The van der Waals surface area contributed by atoms with E-state index in [2.05, 4.69) is 22.4 Å². The molecule has 0 atom stereocenters. The van der Waals surface area contributed by atoms with Crippen LogP contribution in [-0.4, -0.2) is 4.98 Å².